The van der Waals surface area contributed by atoms with Crippen molar-refractivity contribution in [1.29, 1.82) is 0 Å². The van der Waals surface area contributed by atoms with Gasteiger partial charge in [0.05, 0.1) is 25.4 Å². The van der Waals surface area contributed by atoms with E-state index in [4.69, 9.17) is 13.9 Å². The number of hydrogen-bond donors (Lipinski definition) is 2. The maximum atomic E-state index is 11.4. The highest BCUT2D eigenvalue weighted by molar-refractivity contribution is 5.87. The highest BCUT2D eigenvalue weighted by Gasteiger charge is 2.16. The van der Waals surface area contributed by atoms with Crippen LogP contribution >= 0.6 is 0 Å². The lowest BCUT2D eigenvalue weighted by molar-refractivity contribution is -0.139. The summed E-state index contributed by atoms with van der Waals surface area (Å²) in [5.74, 6) is 1.17. The zero-order valence-electron chi connectivity index (χ0n) is 23.0. The molecule has 0 aliphatic rings. The molecule has 6 nitrogen and oxygen atoms in total. The number of ether oxygens (including phenoxy) is 2. The molecule has 1 aromatic heterocycles. The summed E-state index contributed by atoms with van der Waals surface area (Å²) in [6.45, 7) is 10.0. The van der Waals surface area contributed by atoms with Crippen molar-refractivity contribution in [2.75, 3.05) is 13.2 Å². The van der Waals surface area contributed by atoms with E-state index in [0.29, 0.717) is 37.9 Å². The second-order valence-corrected chi connectivity index (χ2v) is 10.1. The minimum atomic E-state index is -0.865. The van der Waals surface area contributed by atoms with Gasteiger partial charge in [-0.25, -0.2) is 4.79 Å². The fraction of sp³-hybridized carbons (Fsp3) is 0.469. The van der Waals surface area contributed by atoms with Crippen LogP contribution < -0.4 is 4.74 Å². The molecule has 2 atom stereocenters. The van der Waals surface area contributed by atoms with E-state index in [1.54, 1.807) is 6.92 Å². The van der Waals surface area contributed by atoms with Crippen molar-refractivity contribution in [2.45, 2.75) is 84.3 Å². The van der Waals surface area contributed by atoms with Gasteiger partial charge >= 0.3 is 5.97 Å². The standard InChI is InChI=1S/C32H42O6/c1-5-6-7-10-24-13-14-25-21-31(38-30(25)20-24)27-16-15-26(19-23(27)4)36-17-8-11-28(33)29(34)12-9-18-37-32(35)22(2)3/h13-16,19-21,28-29,33-34H,2,5-12,17-18H2,1,3-4H3. The Morgan fingerprint density at radius 3 is 2.39 bits per heavy atom. The van der Waals surface area contributed by atoms with Crippen molar-refractivity contribution in [3.05, 3.63) is 65.7 Å². The van der Waals surface area contributed by atoms with Gasteiger partial charge in [-0.1, -0.05) is 38.5 Å². The van der Waals surface area contributed by atoms with E-state index in [2.05, 4.69) is 37.8 Å². The molecule has 2 aromatic carbocycles. The van der Waals surface area contributed by atoms with E-state index in [9.17, 15) is 15.0 Å². The van der Waals surface area contributed by atoms with Gasteiger partial charge in [0, 0.05) is 16.5 Å². The molecule has 0 saturated carbocycles. The summed E-state index contributed by atoms with van der Waals surface area (Å²) in [6.07, 6.45) is 4.88. The molecule has 0 bridgehead atoms. The van der Waals surface area contributed by atoms with Crippen LogP contribution in [0.5, 0.6) is 5.75 Å². The van der Waals surface area contributed by atoms with Gasteiger partial charge in [-0.3, -0.25) is 0 Å². The molecule has 0 aliphatic heterocycles. The number of unbranched alkanes of at least 4 members (excludes halogenated alkanes) is 2. The Bertz CT molecular complexity index is 1190. The van der Waals surface area contributed by atoms with Crippen LogP contribution in [0.4, 0.5) is 0 Å². The maximum absolute atomic E-state index is 11.4. The highest BCUT2D eigenvalue weighted by Crippen LogP contribution is 2.32. The molecule has 0 fully saturated rings. The number of aliphatic hydroxyl groups is 2. The van der Waals surface area contributed by atoms with Crippen LogP contribution in [0.25, 0.3) is 22.3 Å². The number of hydrogen-bond acceptors (Lipinski definition) is 6. The lowest BCUT2D eigenvalue weighted by Gasteiger charge is -2.18. The lowest BCUT2D eigenvalue weighted by atomic mass is 10.0. The largest absolute Gasteiger partial charge is 0.494 e. The Hall–Kier alpha value is -3.09. The van der Waals surface area contributed by atoms with Gasteiger partial charge < -0.3 is 24.1 Å². The van der Waals surface area contributed by atoms with E-state index in [1.807, 2.05) is 25.1 Å². The van der Waals surface area contributed by atoms with Crippen LogP contribution in [0.2, 0.25) is 0 Å². The average molecular weight is 523 g/mol. The third-order valence-electron chi connectivity index (χ3n) is 6.70. The van der Waals surface area contributed by atoms with E-state index in [1.165, 1.54) is 24.8 Å². The average Bonchev–Trinajstić information content (AvgIpc) is 3.32. The number of carbonyl (C=O) groups excluding carboxylic acids is 1. The molecular formula is C32H42O6. The lowest BCUT2D eigenvalue weighted by Crippen LogP contribution is -2.26. The predicted octanol–water partition coefficient (Wildman–Crippen LogP) is 6.92. The van der Waals surface area contributed by atoms with Gasteiger partial charge in [-0.2, -0.15) is 0 Å². The summed E-state index contributed by atoms with van der Waals surface area (Å²) in [5, 5.41) is 21.5. The van der Waals surface area contributed by atoms with Crippen molar-refractivity contribution in [3.8, 4) is 17.1 Å². The molecule has 38 heavy (non-hydrogen) atoms. The summed E-state index contributed by atoms with van der Waals surface area (Å²) in [4.78, 5) is 11.4. The zero-order chi connectivity index (χ0) is 27.5. The Morgan fingerprint density at radius 1 is 0.974 bits per heavy atom. The molecule has 206 valence electrons. The fourth-order valence-electron chi connectivity index (χ4n) is 4.39. The molecule has 3 aromatic rings. The van der Waals surface area contributed by atoms with Crippen LogP contribution in [-0.4, -0.2) is 41.6 Å². The number of rotatable bonds is 16. The molecule has 6 heteroatoms. The summed E-state index contributed by atoms with van der Waals surface area (Å²) >= 11 is 0. The van der Waals surface area contributed by atoms with Crippen LogP contribution in [0.3, 0.4) is 0 Å². The summed E-state index contributed by atoms with van der Waals surface area (Å²) in [6, 6.07) is 14.5. The number of carbonyl (C=O) groups is 1. The van der Waals surface area contributed by atoms with Crippen LogP contribution in [0.15, 0.2) is 59.0 Å². The third-order valence-corrected chi connectivity index (χ3v) is 6.70. The molecular weight excluding hydrogens is 480 g/mol. The molecule has 0 spiro atoms. The molecule has 1 heterocycles. The molecule has 0 radical (unpaired) electrons. The summed E-state index contributed by atoms with van der Waals surface area (Å²) < 4.78 is 17.1. The minimum Gasteiger partial charge on any atom is -0.494 e. The van der Waals surface area contributed by atoms with Gasteiger partial charge in [0.15, 0.2) is 0 Å². The molecule has 2 unspecified atom stereocenters. The molecule has 0 saturated heterocycles. The molecule has 3 rings (SSSR count). The van der Waals surface area contributed by atoms with E-state index in [0.717, 1.165) is 40.0 Å². The van der Waals surface area contributed by atoms with Crippen molar-refractivity contribution in [2.24, 2.45) is 0 Å². The summed E-state index contributed by atoms with van der Waals surface area (Å²) in [5.41, 5.74) is 4.68. The van der Waals surface area contributed by atoms with Crippen molar-refractivity contribution < 1.29 is 28.9 Å². The fourth-order valence-corrected chi connectivity index (χ4v) is 4.39. The number of aryl methyl sites for hydroxylation is 2. The summed E-state index contributed by atoms with van der Waals surface area (Å²) in [7, 11) is 0. The van der Waals surface area contributed by atoms with Gasteiger partial charge in [-0.15, -0.1) is 0 Å². The van der Waals surface area contributed by atoms with Gasteiger partial charge in [-0.05, 0) is 93.8 Å². The number of aliphatic hydroxyl groups excluding tert-OH is 2. The predicted molar refractivity (Wildman–Crippen MR) is 151 cm³/mol. The number of benzene rings is 2. The first-order valence-corrected chi connectivity index (χ1v) is 13.7. The topological polar surface area (TPSA) is 89.1 Å². The van der Waals surface area contributed by atoms with Gasteiger partial charge in [0.25, 0.3) is 0 Å². The molecule has 0 aliphatic carbocycles. The van der Waals surface area contributed by atoms with E-state index in [-0.39, 0.29) is 6.61 Å². The molecule has 2 N–H and O–H groups in total. The normalized spacial score (nSPS) is 12.9. The SMILES string of the molecule is C=C(C)C(=O)OCCCC(O)C(O)CCCOc1ccc(-c2cc3ccc(CCCCC)cc3o2)c(C)c1. The van der Waals surface area contributed by atoms with Crippen molar-refractivity contribution >= 4 is 16.9 Å². The number of esters is 1. The Kier molecular flexibility index (Phi) is 11.4. The molecule has 0 amide bonds. The smallest absolute Gasteiger partial charge is 0.333 e. The maximum Gasteiger partial charge on any atom is 0.333 e. The first-order chi connectivity index (χ1) is 18.3. The van der Waals surface area contributed by atoms with Crippen LogP contribution in [0.1, 0.15) is 69.9 Å². The second kappa shape index (κ2) is 14.7. The van der Waals surface area contributed by atoms with Crippen molar-refractivity contribution in [3.63, 3.8) is 0 Å². The highest BCUT2D eigenvalue weighted by atomic mass is 16.5. The van der Waals surface area contributed by atoms with Crippen LogP contribution in [0, 0.1) is 6.92 Å². The first kappa shape index (κ1) is 29.5. The first-order valence-electron chi connectivity index (χ1n) is 13.7. The Morgan fingerprint density at radius 2 is 1.71 bits per heavy atom. The Labute approximate surface area is 226 Å². The number of furan rings is 1. The van der Waals surface area contributed by atoms with E-state index < -0.39 is 18.2 Å². The monoisotopic (exact) mass is 522 g/mol. The van der Waals surface area contributed by atoms with Gasteiger partial charge in [0.2, 0.25) is 0 Å². The minimum absolute atomic E-state index is 0.196. The van der Waals surface area contributed by atoms with E-state index >= 15 is 0 Å². The Balaban J connectivity index is 1.44. The van der Waals surface area contributed by atoms with Gasteiger partial charge in [0.1, 0.15) is 17.1 Å². The second-order valence-electron chi connectivity index (χ2n) is 10.1. The third kappa shape index (κ3) is 8.74. The zero-order valence-corrected chi connectivity index (χ0v) is 23.0. The van der Waals surface area contributed by atoms with Crippen LogP contribution in [-0.2, 0) is 16.0 Å². The number of fused-ring (bicyclic) bond motifs is 1. The van der Waals surface area contributed by atoms with Crippen molar-refractivity contribution in [1.82, 2.24) is 0 Å². The quantitative estimate of drug-likeness (QED) is 0.121.